The van der Waals surface area contributed by atoms with Crippen LogP contribution in [0.4, 0.5) is 0 Å². The van der Waals surface area contributed by atoms with E-state index in [1.807, 2.05) is 29.6 Å². The van der Waals surface area contributed by atoms with E-state index in [2.05, 4.69) is 5.32 Å². The summed E-state index contributed by atoms with van der Waals surface area (Å²) in [5.74, 6) is -0.790. The first-order valence-corrected chi connectivity index (χ1v) is 13.0. The number of carbonyl (C=O) groups is 3. The van der Waals surface area contributed by atoms with Gasteiger partial charge in [-0.15, -0.1) is 11.3 Å². The Labute approximate surface area is 209 Å². The lowest BCUT2D eigenvalue weighted by Gasteiger charge is -2.12. The molecule has 35 heavy (non-hydrogen) atoms. The molecule has 0 radical (unpaired) electrons. The Kier molecular flexibility index (Phi) is 8.21. The average molecular weight is 514 g/mol. The van der Waals surface area contributed by atoms with Crippen LogP contribution in [-0.4, -0.2) is 70.0 Å². The molecule has 0 atom stereocenters. The molecular formula is C25H27N3O5S2. The van der Waals surface area contributed by atoms with Gasteiger partial charge in [0.1, 0.15) is 0 Å². The van der Waals surface area contributed by atoms with Crippen molar-refractivity contribution in [1.82, 2.24) is 14.5 Å². The molecule has 1 N–H and O–H groups in total. The number of thiophene rings is 1. The molecule has 0 unspecified atom stereocenters. The number of hydrogen-bond acceptors (Lipinski definition) is 6. The van der Waals surface area contributed by atoms with E-state index < -0.39 is 15.9 Å². The summed E-state index contributed by atoms with van der Waals surface area (Å²) in [6.07, 6.45) is 0.149. The van der Waals surface area contributed by atoms with Crippen molar-refractivity contribution in [2.45, 2.75) is 11.3 Å². The number of ketones is 1. The quantitative estimate of drug-likeness (QED) is 0.474. The van der Waals surface area contributed by atoms with Gasteiger partial charge in [0, 0.05) is 50.6 Å². The van der Waals surface area contributed by atoms with Gasteiger partial charge in [-0.05, 0) is 52.9 Å². The first-order chi connectivity index (χ1) is 16.5. The first-order valence-electron chi connectivity index (χ1n) is 10.7. The van der Waals surface area contributed by atoms with Crippen molar-refractivity contribution in [1.29, 1.82) is 0 Å². The van der Waals surface area contributed by atoms with E-state index in [0.29, 0.717) is 5.56 Å². The molecule has 0 fully saturated rings. The van der Waals surface area contributed by atoms with Gasteiger partial charge in [-0.1, -0.05) is 18.2 Å². The highest BCUT2D eigenvalue weighted by Gasteiger charge is 2.19. The summed E-state index contributed by atoms with van der Waals surface area (Å²) >= 11 is 1.43. The third kappa shape index (κ3) is 6.41. The van der Waals surface area contributed by atoms with E-state index in [-0.39, 0.29) is 35.1 Å². The first kappa shape index (κ1) is 26.3. The highest BCUT2D eigenvalue weighted by atomic mass is 32.2. The summed E-state index contributed by atoms with van der Waals surface area (Å²) in [6.45, 7) is -0.177. The maximum Gasteiger partial charge on any atom is 0.253 e. The predicted molar refractivity (Wildman–Crippen MR) is 136 cm³/mol. The molecule has 3 aromatic rings. The lowest BCUT2D eigenvalue weighted by atomic mass is 10.0. The van der Waals surface area contributed by atoms with Gasteiger partial charge in [0.25, 0.3) is 11.8 Å². The summed E-state index contributed by atoms with van der Waals surface area (Å²) in [5.41, 5.74) is 2.54. The number of sulfonamides is 1. The Bertz CT molecular complexity index is 1360. The van der Waals surface area contributed by atoms with Crippen molar-refractivity contribution in [3.8, 4) is 11.1 Å². The molecule has 0 saturated heterocycles. The molecule has 0 aliphatic heterocycles. The van der Waals surface area contributed by atoms with Crippen LogP contribution in [-0.2, 0) is 21.2 Å². The minimum atomic E-state index is -3.67. The number of Topliss-reactive ketones (excluding diaryl/α,β-unsaturated/α-hetero) is 1. The van der Waals surface area contributed by atoms with Gasteiger partial charge in [0.15, 0.2) is 5.78 Å². The SMILES string of the molecule is CN(C)C(=O)c1cccc(-c2csc(CC(=O)CNC(=O)c3cccc(S(=O)(=O)N(C)C)c3)c2)c1. The lowest BCUT2D eigenvalue weighted by Crippen LogP contribution is -2.30. The zero-order valence-corrected chi connectivity index (χ0v) is 21.6. The highest BCUT2D eigenvalue weighted by Crippen LogP contribution is 2.27. The van der Waals surface area contributed by atoms with E-state index in [0.717, 1.165) is 20.3 Å². The molecule has 0 spiro atoms. The Hall–Kier alpha value is -3.34. The van der Waals surface area contributed by atoms with Gasteiger partial charge >= 0.3 is 0 Å². The molecule has 2 aromatic carbocycles. The second-order valence-electron chi connectivity index (χ2n) is 8.30. The molecular weight excluding hydrogens is 486 g/mol. The van der Waals surface area contributed by atoms with Gasteiger partial charge in [-0.25, -0.2) is 12.7 Å². The largest absolute Gasteiger partial charge is 0.345 e. The van der Waals surface area contributed by atoms with Crippen molar-refractivity contribution in [3.05, 3.63) is 76.0 Å². The van der Waals surface area contributed by atoms with Gasteiger partial charge in [-0.3, -0.25) is 14.4 Å². The second-order valence-corrected chi connectivity index (χ2v) is 11.4. The number of rotatable bonds is 9. The van der Waals surface area contributed by atoms with Crippen LogP contribution in [0.2, 0.25) is 0 Å². The summed E-state index contributed by atoms with van der Waals surface area (Å²) in [4.78, 5) is 39.5. The van der Waals surface area contributed by atoms with Crippen molar-refractivity contribution in [2.75, 3.05) is 34.7 Å². The predicted octanol–water partition coefficient (Wildman–Crippen LogP) is 2.91. The molecule has 0 aliphatic rings. The van der Waals surface area contributed by atoms with Crippen molar-refractivity contribution < 1.29 is 22.8 Å². The summed E-state index contributed by atoms with van der Waals surface area (Å²) in [6, 6.07) is 14.9. The molecule has 10 heteroatoms. The van der Waals surface area contributed by atoms with E-state index in [4.69, 9.17) is 0 Å². The van der Waals surface area contributed by atoms with Crippen LogP contribution in [0.1, 0.15) is 25.6 Å². The minimum absolute atomic E-state index is 0.00365. The van der Waals surface area contributed by atoms with E-state index in [1.165, 1.54) is 54.6 Å². The fraction of sp³-hybridized carbons (Fsp3) is 0.240. The number of amides is 2. The Morgan fingerprint density at radius 2 is 1.57 bits per heavy atom. The molecule has 0 aliphatic carbocycles. The molecule has 184 valence electrons. The molecule has 8 nitrogen and oxygen atoms in total. The van der Waals surface area contributed by atoms with Gasteiger partial charge in [-0.2, -0.15) is 0 Å². The summed E-state index contributed by atoms with van der Waals surface area (Å²) < 4.78 is 25.6. The van der Waals surface area contributed by atoms with Crippen LogP contribution in [0.25, 0.3) is 11.1 Å². The lowest BCUT2D eigenvalue weighted by molar-refractivity contribution is -0.117. The van der Waals surface area contributed by atoms with Gasteiger partial charge < -0.3 is 10.2 Å². The Balaban J connectivity index is 1.61. The molecule has 3 rings (SSSR count). The zero-order chi connectivity index (χ0) is 25.8. The van der Waals surface area contributed by atoms with Crippen molar-refractivity contribution in [2.24, 2.45) is 0 Å². The number of nitrogens with zero attached hydrogens (tertiary/aromatic N) is 2. The van der Waals surface area contributed by atoms with Crippen LogP contribution in [0, 0.1) is 0 Å². The van der Waals surface area contributed by atoms with Crippen LogP contribution in [0.15, 0.2) is 64.9 Å². The maximum atomic E-state index is 12.5. The number of nitrogens with one attached hydrogen (secondary N) is 1. The highest BCUT2D eigenvalue weighted by molar-refractivity contribution is 7.89. The molecule has 1 heterocycles. The van der Waals surface area contributed by atoms with Crippen LogP contribution < -0.4 is 5.32 Å². The number of hydrogen-bond donors (Lipinski definition) is 1. The zero-order valence-electron chi connectivity index (χ0n) is 19.9. The third-order valence-electron chi connectivity index (χ3n) is 5.20. The minimum Gasteiger partial charge on any atom is -0.345 e. The van der Waals surface area contributed by atoms with Crippen molar-refractivity contribution in [3.63, 3.8) is 0 Å². The van der Waals surface area contributed by atoms with Gasteiger partial charge in [0.05, 0.1) is 11.4 Å². The molecule has 0 bridgehead atoms. The second kappa shape index (κ2) is 10.9. The Morgan fingerprint density at radius 1 is 0.886 bits per heavy atom. The summed E-state index contributed by atoms with van der Waals surface area (Å²) in [7, 11) is 2.55. The van der Waals surface area contributed by atoms with Crippen molar-refractivity contribution >= 4 is 39.0 Å². The molecule has 0 saturated carbocycles. The van der Waals surface area contributed by atoms with Crippen LogP contribution >= 0.6 is 11.3 Å². The van der Waals surface area contributed by atoms with E-state index in [9.17, 15) is 22.8 Å². The fourth-order valence-electron chi connectivity index (χ4n) is 3.26. The summed E-state index contributed by atoms with van der Waals surface area (Å²) in [5, 5.41) is 4.49. The number of carbonyl (C=O) groups excluding carboxylic acids is 3. The molecule has 1 aromatic heterocycles. The topological polar surface area (TPSA) is 104 Å². The molecule has 2 amide bonds. The van der Waals surface area contributed by atoms with Gasteiger partial charge in [0.2, 0.25) is 10.0 Å². The smallest absolute Gasteiger partial charge is 0.253 e. The van der Waals surface area contributed by atoms with Crippen LogP contribution in [0.5, 0.6) is 0 Å². The standard InChI is InChI=1S/C25H27N3O5S2/c1-27(2)25(31)19-9-5-7-17(11-19)20-12-22(34-16-20)14-21(29)15-26-24(30)18-8-6-10-23(13-18)35(32,33)28(3)4/h5-13,16H,14-15H2,1-4H3,(H,26,30). The maximum absolute atomic E-state index is 12.5. The third-order valence-corrected chi connectivity index (χ3v) is 7.94. The monoisotopic (exact) mass is 513 g/mol. The van der Waals surface area contributed by atoms with Crippen LogP contribution in [0.3, 0.4) is 0 Å². The van der Waals surface area contributed by atoms with E-state index >= 15 is 0 Å². The number of benzene rings is 2. The normalized spacial score (nSPS) is 11.3. The Morgan fingerprint density at radius 3 is 2.26 bits per heavy atom. The fourth-order valence-corrected chi connectivity index (χ4v) is 5.13. The van der Waals surface area contributed by atoms with E-state index in [1.54, 1.807) is 20.2 Å². The average Bonchev–Trinajstić information content (AvgIpc) is 3.30.